The zero-order valence-electron chi connectivity index (χ0n) is 12.7. The Morgan fingerprint density at radius 3 is 2.50 bits per heavy atom. The predicted octanol–water partition coefficient (Wildman–Crippen LogP) is 1.68. The highest BCUT2D eigenvalue weighted by Crippen LogP contribution is 2.26. The fourth-order valence-electron chi connectivity index (χ4n) is 1.80. The number of benzene rings is 1. The minimum atomic E-state index is -0.458. The van der Waals surface area contributed by atoms with E-state index in [0.717, 1.165) is 12.8 Å². The number of nitrogens with one attached hydrogen (secondary N) is 1. The van der Waals surface area contributed by atoms with Crippen LogP contribution in [-0.2, 0) is 14.3 Å². The summed E-state index contributed by atoms with van der Waals surface area (Å²) in [7, 11) is 0. The Morgan fingerprint density at radius 2 is 1.86 bits per heavy atom. The second-order valence-corrected chi connectivity index (χ2v) is 4.98. The van der Waals surface area contributed by atoms with Crippen LogP contribution in [0.15, 0.2) is 24.3 Å². The molecule has 6 heteroatoms. The molecule has 2 rings (SSSR count). The highest BCUT2D eigenvalue weighted by molar-refractivity contribution is 5.80. The maximum Gasteiger partial charge on any atom is 0.309 e. The second kappa shape index (κ2) is 8.26. The van der Waals surface area contributed by atoms with Crippen LogP contribution < -0.4 is 14.8 Å². The molecule has 1 aliphatic carbocycles. The first-order chi connectivity index (χ1) is 10.7. The molecule has 0 unspecified atom stereocenters. The number of carbonyl (C=O) groups is 2. The van der Waals surface area contributed by atoms with Crippen molar-refractivity contribution in [3.05, 3.63) is 24.3 Å². The molecular formula is C16H21NO5. The van der Waals surface area contributed by atoms with Gasteiger partial charge in [-0.15, -0.1) is 0 Å². The fourth-order valence-corrected chi connectivity index (χ4v) is 1.80. The van der Waals surface area contributed by atoms with Gasteiger partial charge in [0.2, 0.25) is 0 Å². The van der Waals surface area contributed by atoms with Crippen LogP contribution in [0.2, 0.25) is 0 Å². The highest BCUT2D eigenvalue weighted by Gasteiger charge is 2.23. The quantitative estimate of drug-likeness (QED) is 0.703. The lowest BCUT2D eigenvalue weighted by atomic mass is 10.3. The molecular weight excluding hydrogens is 286 g/mol. The van der Waals surface area contributed by atoms with Gasteiger partial charge in [0.25, 0.3) is 5.91 Å². The fraction of sp³-hybridized carbons (Fsp3) is 0.500. The number of carbonyl (C=O) groups excluding carboxylic acids is 2. The van der Waals surface area contributed by atoms with Crippen molar-refractivity contribution in [3.63, 3.8) is 0 Å². The molecule has 0 aliphatic heterocycles. The summed E-state index contributed by atoms with van der Waals surface area (Å²) in [6.45, 7) is 2.37. The average molecular weight is 307 g/mol. The molecule has 0 radical (unpaired) electrons. The third kappa shape index (κ3) is 5.63. The summed E-state index contributed by atoms with van der Waals surface area (Å²) in [5.74, 6) is 0.518. The van der Waals surface area contributed by atoms with E-state index in [1.165, 1.54) is 0 Å². The van der Waals surface area contributed by atoms with Crippen molar-refractivity contribution >= 4 is 11.9 Å². The normalized spacial score (nSPS) is 13.3. The van der Waals surface area contributed by atoms with Crippen LogP contribution in [-0.4, -0.2) is 37.7 Å². The van der Waals surface area contributed by atoms with Gasteiger partial charge in [0.05, 0.1) is 19.6 Å². The number of ether oxygens (including phenoxy) is 3. The first kappa shape index (κ1) is 16.1. The number of hydrogen-bond acceptors (Lipinski definition) is 5. The predicted molar refractivity (Wildman–Crippen MR) is 79.8 cm³/mol. The zero-order valence-corrected chi connectivity index (χ0v) is 12.7. The van der Waals surface area contributed by atoms with Crippen molar-refractivity contribution in [2.45, 2.75) is 32.2 Å². The van der Waals surface area contributed by atoms with Crippen LogP contribution >= 0.6 is 0 Å². The van der Waals surface area contributed by atoms with Crippen molar-refractivity contribution in [2.24, 2.45) is 0 Å². The van der Waals surface area contributed by atoms with Gasteiger partial charge in [-0.3, -0.25) is 9.59 Å². The van der Waals surface area contributed by atoms with E-state index in [1.807, 2.05) is 19.1 Å². The van der Waals surface area contributed by atoms with Crippen LogP contribution in [0, 0.1) is 0 Å². The Morgan fingerprint density at radius 1 is 1.18 bits per heavy atom. The van der Waals surface area contributed by atoms with Crippen LogP contribution in [0.1, 0.15) is 26.2 Å². The standard InChI is InChI=1S/C16H21NO5/c1-2-20-13-5-3-4-6-14(13)21-10-9-16(19)22-11-15(18)17-12-7-8-12/h3-6,12H,2,7-11H2,1H3,(H,17,18). The van der Waals surface area contributed by atoms with Gasteiger partial charge >= 0.3 is 5.97 Å². The summed E-state index contributed by atoms with van der Waals surface area (Å²) < 4.78 is 15.8. The van der Waals surface area contributed by atoms with Crippen LogP contribution in [0.5, 0.6) is 11.5 Å². The van der Waals surface area contributed by atoms with Crippen molar-refractivity contribution in [3.8, 4) is 11.5 Å². The molecule has 1 fully saturated rings. The number of esters is 1. The van der Waals surface area contributed by atoms with Crippen molar-refractivity contribution in [2.75, 3.05) is 19.8 Å². The molecule has 1 saturated carbocycles. The first-order valence-electron chi connectivity index (χ1n) is 7.48. The average Bonchev–Trinajstić information content (AvgIpc) is 3.31. The van der Waals surface area contributed by atoms with Crippen LogP contribution in [0.4, 0.5) is 0 Å². The Labute approximate surface area is 129 Å². The number of rotatable bonds is 9. The number of amides is 1. The summed E-state index contributed by atoms with van der Waals surface area (Å²) >= 11 is 0. The lowest BCUT2D eigenvalue weighted by Crippen LogP contribution is -2.30. The summed E-state index contributed by atoms with van der Waals surface area (Å²) in [5.41, 5.74) is 0. The van der Waals surface area contributed by atoms with Gasteiger partial charge in [0.15, 0.2) is 18.1 Å². The molecule has 1 aliphatic rings. The molecule has 0 aromatic heterocycles. The van der Waals surface area contributed by atoms with Gasteiger partial charge in [-0.2, -0.15) is 0 Å². The van der Waals surface area contributed by atoms with Gasteiger partial charge in [0.1, 0.15) is 0 Å². The molecule has 1 amide bonds. The Bertz CT molecular complexity index is 513. The van der Waals surface area contributed by atoms with Crippen LogP contribution in [0.25, 0.3) is 0 Å². The molecule has 0 spiro atoms. The lowest BCUT2D eigenvalue weighted by Gasteiger charge is -2.11. The van der Waals surface area contributed by atoms with Gasteiger partial charge in [-0.25, -0.2) is 0 Å². The molecule has 0 heterocycles. The molecule has 0 bridgehead atoms. The van der Waals surface area contributed by atoms with Gasteiger partial charge < -0.3 is 19.5 Å². The maximum atomic E-state index is 11.5. The van der Waals surface area contributed by atoms with E-state index in [-0.39, 0.29) is 31.6 Å². The minimum Gasteiger partial charge on any atom is -0.490 e. The second-order valence-electron chi connectivity index (χ2n) is 4.98. The minimum absolute atomic E-state index is 0.0805. The van der Waals surface area contributed by atoms with E-state index in [9.17, 15) is 9.59 Å². The van der Waals surface area contributed by atoms with Gasteiger partial charge in [-0.1, -0.05) is 12.1 Å². The van der Waals surface area contributed by atoms with E-state index in [1.54, 1.807) is 12.1 Å². The largest absolute Gasteiger partial charge is 0.490 e. The number of hydrogen-bond donors (Lipinski definition) is 1. The molecule has 1 aromatic rings. The Balaban J connectivity index is 1.64. The molecule has 0 saturated heterocycles. The molecule has 120 valence electrons. The smallest absolute Gasteiger partial charge is 0.309 e. The molecule has 6 nitrogen and oxygen atoms in total. The van der Waals surface area contributed by atoms with E-state index in [2.05, 4.69) is 5.32 Å². The Hall–Kier alpha value is -2.24. The van der Waals surface area contributed by atoms with Crippen molar-refractivity contribution in [1.29, 1.82) is 0 Å². The zero-order chi connectivity index (χ0) is 15.8. The maximum absolute atomic E-state index is 11.5. The molecule has 22 heavy (non-hydrogen) atoms. The van der Waals surface area contributed by atoms with E-state index < -0.39 is 5.97 Å². The molecule has 1 aromatic carbocycles. The van der Waals surface area contributed by atoms with E-state index in [0.29, 0.717) is 18.1 Å². The van der Waals surface area contributed by atoms with E-state index >= 15 is 0 Å². The summed E-state index contributed by atoms with van der Waals surface area (Å²) in [5, 5.41) is 2.75. The van der Waals surface area contributed by atoms with E-state index in [4.69, 9.17) is 14.2 Å². The molecule has 0 atom stereocenters. The summed E-state index contributed by atoms with van der Waals surface area (Å²) in [6, 6.07) is 7.53. The molecule has 1 N–H and O–H groups in total. The highest BCUT2D eigenvalue weighted by atomic mass is 16.5. The Kier molecular flexibility index (Phi) is 6.06. The summed E-state index contributed by atoms with van der Waals surface area (Å²) in [4.78, 5) is 22.9. The van der Waals surface area contributed by atoms with Crippen LogP contribution in [0.3, 0.4) is 0 Å². The van der Waals surface area contributed by atoms with Gasteiger partial charge in [-0.05, 0) is 31.9 Å². The topological polar surface area (TPSA) is 73.9 Å². The van der Waals surface area contributed by atoms with Crippen molar-refractivity contribution < 1.29 is 23.8 Å². The third-order valence-electron chi connectivity index (χ3n) is 3.02. The monoisotopic (exact) mass is 307 g/mol. The number of para-hydroxylation sites is 2. The van der Waals surface area contributed by atoms with Crippen molar-refractivity contribution in [1.82, 2.24) is 5.32 Å². The van der Waals surface area contributed by atoms with Gasteiger partial charge in [0, 0.05) is 6.04 Å². The SMILES string of the molecule is CCOc1ccccc1OCCC(=O)OCC(=O)NC1CC1. The lowest BCUT2D eigenvalue weighted by molar-refractivity contribution is -0.149. The third-order valence-corrected chi connectivity index (χ3v) is 3.02. The first-order valence-corrected chi connectivity index (χ1v) is 7.48. The summed E-state index contributed by atoms with van der Waals surface area (Å²) in [6.07, 6.45) is 2.09.